The highest BCUT2D eigenvalue weighted by atomic mass is 19.4. The first-order chi connectivity index (χ1) is 13.3. The van der Waals surface area contributed by atoms with Crippen molar-refractivity contribution in [2.45, 2.75) is 19.3 Å². The quantitative estimate of drug-likeness (QED) is 0.849. The molecule has 0 atom stereocenters. The van der Waals surface area contributed by atoms with Crippen LogP contribution in [0.1, 0.15) is 27.0 Å². The number of hydrogen-bond acceptors (Lipinski definition) is 3. The number of carbonyl (C=O) groups is 1. The Morgan fingerprint density at radius 3 is 2.29 bits per heavy atom. The Labute approximate surface area is 162 Å². The van der Waals surface area contributed by atoms with Crippen molar-refractivity contribution >= 4 is 5.91 Å². The minimum atomic E-state index is -4.40. The summed E-state index contributed by atoms with van der Waals surface area (Å²) in [7, 11) is 2.12. The molecule has 0 unspecified atom stereocenters. The maximum absolute atomic E-state index is 12.6. The van der Waals surface area contributed by atoms with Crippen LogP contribution in [0.25, 0.3) is 0 Å². The van der Waals surface area contributed by atoms with Crippen LogP contribution in [0.15, 0.2) is 48.5 Å². The third kappa shape index (κ3) is 5.56. The van der Waals surface area contributed by atoms with E-state index in [9.17, 15) is 18.0 Å². The Bertz CT molecular complexity index is 797. The molecule has 2 aromatic rings. The van der Waals surface area contributed by atoms with Gasteiger partial charge < -0.3 is 10.2 Å². The summed E-state index contributed by atoms with van der Waals surface area (Å²) in [5.74, 6) is -0.391. The molecular weight excluding hydrogens is 367 g/mol. The molecule has 1 fully saturated rings. The molecule has 1 saturated heterocycles. The number of benzene rings is 2. The molecule has 1 amide bonds. The van der Waals surface area contributed by atoms with Crippen molar-refractivity contribution in [1.29, 1.82) is 0 Å². The third-order valence-electron chi connectivity index (χ3n) is 4.92. The molecule has 0 radical (unpaired) electrons. The number of alkyl halides is 3. The van der Waals surface area contributed by atoms with Crippen molar-refractivity contribution in [3.05, 3.63) is 70.8 Å². The van der Waals surface area contributed by atoms with Crippen LogP contribution in [0.4, 0.5) is 13.2 Å². The summed E-state index contributed by atoms with van der Waals surface area (Å²) in [5.41, 5.74) is 1.60. The summed E-state index contributed by atoms with van der Waals surface area (Å²) in [6.45, 7) is 5.38. The fraction of sp³-hybridized carbons (Fsp3) is 0.381. The molecule has 0 saturated carbocycles. The van der Waals surface area contributed by atoms with E-state index in [-0.39, 0.29) is 5.56 Å². The van der Waals surface area contributed by atoms with E-state index in [1.54, 1.807) is 0 Å². The van der Waals surface area contributed by atoms with Gasteiger partial charge in [0.25, 0.3) is 5.91 Å². The molecule has 4 nitrogen and oxygen atoms in total. The summed E-state index contributed by atoms with van der Waals surface area (Å²) in [5, 5.41) is 2.77. The van der Waals surface area contributed by atoms with E-state index >= 15 is 0 Å². The van der Waals surface area contributed by atoms with E-state index in [1.165, 1.54) is 17.7 Å². The molecule has 0 bridgehead atoms. The lowest BCUT2D eigenvalue weighted by molar-refractivity contribution is -0.137. The summed E-state index contributed by atoms with van der Waals surface area (Å²) >= 11 is 0. The minimum Gasteiger partial charge on any atom is -0.348 e. The molecule has 0 aromatic heterocycles. The standard InChI is InChI=1S/C21H24F3N3O/c1-26-9-11-27(12-10-26)15-17-4-2-3-16(13-17)14-25-20(28)18-5-7-19(8-6-18)21(22,23)24/h2-8,13H,9-12,14-15H2,1H3,(H,25,28). The molecule has 7 heteroatoms. The van der Waals surface area contributed by atoms with Crippen LogP contribution in [0, 0.1) is 0 Å². The molecule has 28 heavy (non-hydrogen) atoms. The van der Waals surface area contributed by atoms with Crippen LogP contribution < -0.4 is 5.32 Å². The molecule has 3 rings (SSSR count). The summed E-state index contributed by atoms with van der Waals surface area (Å²) < 4.78 is 37.8. The van der Waals surface area contributed by atoms with E-state index in [4.69, 9.17) is 0 Å². The van der Waals surface area contributed by atoms with Crippen molar-refractivity contribution in [3.8, 4) is 0 Å². The number of rotatable bonds is 5. The molecule has 1 N–H and O–H groups in total. The van der Waals surface area contributed by atoms with Gasteiger partial charge in [-0.2, -0.15) is 13.2 Å². The zero-order chi connectivity index (χ0) is 20.1. The Hall–Kier alpha value is -2.38. The Morgan fingerprint density at radius 2 is 1.64 bits per heavy atom. The number of nitrogens with one attached hydrogen (secondary N) is 1. The summed E-state index contributed by atoms with van der Waals surface area (Å²) in [6, 6.07) is 12.3. The predicted octanol–water partition coefficient (Wildman–Crippen LogP) is 3.38. The van der Waals surface area contributed by atoms with Gasteiger partial charge >= 0.3 is 6.18 Å². The first kappa shape index (κ1) is 20.4. The van der Waals surface area contributed by atoms with Gasteiger partial charge in [-0.3, -0.25) is 9.69 Å². The molecule has 1 aliphatic heterocycles. The lowest BCUT2D eigenvalue weighted by Gasteiger charge is -2.32. The van der Waals surface area contributed by atoms with Crippen LogP contribution in [0.3, 0.4) is 0 Å². The van der Waals surface area contributed by atoms with Crippen LogP contribution in [-0.2, 0) is 19.3 Å². The van der Waals surface area contributed by atoms with Gasteiger partial charge in [-0.25, -0.2) is 0 Å². The molecule has 0 aliphatic carbocycles. The second-order valence-electron chi connectivity index (χ2n) is 7.16. The smallest absolute Gasteiger partial charge is 0.348 e. The van der Waals surface area contributed by atoms with Crippen molar-refractivity contribution in [1.82, 2.24) is 15.1 Å². The number of amides is 1. The van der Waals surface area contributed by atoms with Crippen LogP contribution in [-0.4, -0.2) is 48.9 Å². The Morgan fingerprint density at radius 1 is 1.00 bits per heavy atom. The molecule has 0 spiro atoms. The summed E-state index contributed by atoms with van der Waals surface area (Å²) in [6.07, 6.45) is -4.40. The van der Waals surface area contributed by atoms with Gasteiger partial charge in [0, 0.05) is 44.8 Å². The predicted molar refractivity (Wildman–Crippen MR) is 102 cm³/mol. The highest BCUT2D eigenvalue weighted by Gasteiger charge is 2.30. The first-order valence-electron chi connectivity index (χ1n) is 9.25. The van der Waals surface area contributed by atoms with Crippen molar-refractivity contribution in [2.24, 2.45) is 0 Å². The average molecular weight is 391 g/mol. The Balaban J connectivity index is 1.55. The van der Waals surface area contributed by atoms with Gasteiger partial charge in [0.1, 0.15) is 0 Å². The van der Waals surface area contributed by atoms with Gasteiger partial charge in [-0.1, -0.05) is 24.3 Å². The largest absolute Gasteiger partial charge is 0.416 e. The van der Waals surface area contributed by atoms with Crippen LogP contribution in [0.5, 0.6) is 0 Å². The number of halogens is 3. The lowest BCUT2D eigenvalue weighted by atomic mass is 10.1. The van der Waals surface area contributed by atoms with Crippen LogP contribution >= 0.6 is 0 Å². The summed E-state index contributed by atoms with van der Waals surface area (Å²) in [4.78, 5) is 16.9. The second-order valence-corrected chi connectivity index (χ2v) is 7.16. The average Bonchev–Trinajstić information content (AvgIpc) is 2.68. The molecular formula is C21H24F3N3O. The first-order valence-corrected chi connectivity index (χ1v) is 9.25. The van der Waals surface area contributed by atoms with Gasteiger partial charge in [-0.15, -0.1) is 0 Å². The SMILES string of the molecule is CN1CCN(Cc2cccc(CNC(=O)c3ccc(C(F)(F)F)cc3)c2)CC1. The lowest BCUT2D eigenvalue weighted by Crippen LogP contribution is -2.43. The van der Waals surface area contributed by atoms with Crippen molar-refractivity contribution in [2.75, 3.05) is 33.2 Å². The number of carbonyl (C=O) groups excluding carboxylic acids is 1. The molecule has 150 valence electrons. The Kier molecular flexibility index (Phi) is 6.36. The van der Waals surface area contributed by atoms with Gasteiger partial charge in [0.2, 0.25) is 0 Å². The topological polar surface area (TPSA) is 35.6 Å². The second kappa shape index (κ2) is 8.75. The van der Waals surface area contributed by atoms with E-state index in [2.05, 4.69) is 34.3 Å². The monoisotopic (exact) mass is 391 g/mol. The normalized spacial score (nSPS) is 16.1. The maximum Gasteiger partial charge on any atom is 0.416 e. The fourth-order valence-corrected chi connectivity index (χ4v) is 3.20. The number of likely N-dealkylation sites (N-methyl/N-ethyl adjacent to an activating group) is 1. The third-order valence-corrected chi connectivity index (χ3v) is 4.92. The number of hydrogen-bond donors (Lipinski definition) is 1. The maximum atomic E-state index is 12.6. The zero-order valence-electron chi connectivity index (χ0n) is 15.8. The molecule has 1 heterocycles. The van der Waals surface area contributed by atoms with Crippen molar-refractivity contribution in [3.63, 3.8) is 0 Å². The van der Waals surface area contributed by atoms with Gasteiger partial charge in [0.15, 0.2) is 0 Å². The van der Waals surface area contributed by atoms with Crippen molar-refractivity contribution < 1.29 is 18.0 Å². The van der Waals surface area contributed by atoms with Gasteiger partial charge in [-0.05, 0) is 42.4 Å². The van der Waals surface area contributed by atoms with E-state index in [1.807, 2.05) is 12.1 Å². The van der Waals surface area contributed by atoms with E-state index < -0.39 is 17.6 Å². The van der Waals surface area contributed by atoms with Crippen LogP contribution in [0.2, 0.25) is 0 Å². The highest BCUT2D eigenvalue weighted by molar-refractivity contribution is 5.94. The molecule has 1 aliphatic rings. The number of nitrogens with zero attached hydrogens (tertiary/aromatic N) is 2. The van der Waals surface area contributed by atoms with E-state index in [0.29, 0.717) is 6.54 Å². The highest BCUT2D eigenvalue weighted by Crippen LogP contribution is 2.29. The minimum absolute atomic E-state index is 0.210. The number of piperazine rings is 1. The molecule has 2 aromatic carbocycles. The zero-order valence-corrected chi connectivity index (χ0v) is 15.8. The van der Waals surface area contributed by atoms with E-state index in [0.717, 1.165) is 50.4 Å². The fourth-order valence-electron chi connectivity index (χ4n) is 3.20. The van der Waals surface area contributed by atoms with Gasteiger partial charge in [0.05, 0.1) is 5.56 Å².